The number of nitriles is 1. The van der Waals surface area contributed by atoms with Crippen LogP contribution in [0.15, 0.2) is 48.5 Å². The molecule has 0 heterocycles. The van der Waals surface area contributed by atoms with Crippen LogP contribution in [0.1, 0.15) is 35.7 Å². The number of Topliss-reactive ketones (excluding diaryl/α,β-unsaturated/α-hetero) is 1. The summed E-state index contributed by atoms with van der Waals surface area (Å²) in [4.78, 5) is 36.0. The van der Waals surface area contributed by atoms with Crippen LogP contribution >= 0.6 is 11.6 Å². The van der Waals surface area contributed by atoms with Crippen molar-refractivity contribution >= 4 is 34.9 Å². The van der Waals surface area contributed by atoms with Gasteiger partial charge in [0.05, 0.1) is 18.1 Å². The fraction of sp³-hybridized carbons (Fsp3) is 0.200. The number of benzene rings is 2. The van der Waals surface area contributed by atoms with E-state index in [2.05, 4.69) is 5.32 Å². The van der Waals surface area contributed by atoms with Crippen molar-refractivity contribution in [1.29, 1.82) is 5.26 Å². The smallest absolute Gasteiger partial charge is 0.307 e. The molecule has 1 atom stereocenters. The number of ether oxygens (including phenoxy) is 1. The maximum Gasteiger partial charge on any atom is 0.307 e. The van der Waals surface area contributed by atoms with E-state index in [0.717, 1.165) is 0 Å². The Labute approximate surface area is 161 Å². The predicted octanol–water partition coefficient (Wildman–Crippen LogP) is 3.74. The van der Waals surface area contributed by atoms with Gasteiger partial charge in [0.1, 0.15) is 0 Å². The normalized spacial score (nSPS) is 11.1. The lowest BCUT2D eigenvalue weighted by atomic mass is 10.1. The third-order valence-electron chi connectivity index (χ3n) is 3.68. The van der Waals surface area contributed by atoms with Crippen LogP contribution < -0.4 is 5.32 Å². The van der Waals surface area contributed by atoms with Gasteiger partial charge in [0.2, 0.25) is 0 Å². The van der Waals surface area contributed by atoms with Crippen LogP contribution in [0.3, 0.4) is 0 Å². The topological polar surface area (TPSA) is 96.3 Å². The molecular weight excluding hydrogens is 368 g/mol. The zero-order valence-electron chi connectivity index (χ0n) is 14.6. The van der Waals surface area contributed by atoms with Gasteiger partial charge in [-0.1, -0.05) is 11.6 Å². The first-order valence-electron chi connectivity index (χ1n) is 8.18. The lowest BCUT2D eigenvalue weighted by Gasteiger charge is -2.13. The Hall–Kier alpha value is -3.17. The Morgan fingerprint density at radius 3 is 2.30 bits per heavy atom. The Bertz CT molecular complexity index is 870. The van der Waals surface area contributed by atoms with Crippen LogP contribution in [0.5, 0.6) is 0 Å². The minimum Gasteiger partial charge on any atom is -0.453 e. The third kappa shape index (κ3) is 6.24. The molecule has 0 aliphatic carbocycles. The molecule has 7 heteroatoms. The molecular formula is C20H17ClN2O4. The highest BCUT2D eigenvalue weighted by molar-refractivity contribution is 6.30. The number of nitrogens with one attached hydrogen (secondary N) is 1. The first-order valence-corrected chi connectivity index (χ1v) is 8.56. The minimum atomic E-state index is -1.02. The number of hydrogen-bond donors (Lipinski definition) is 1. The van der Waals surface area contributed by atoms with Crippen molar-refractivity contribution < 1.29 is 19.1 Å². The minimum absolute atomic E-state index is 0.0234. The highest BCUT2D eigenvalue weighted by Crippen LogP contribution is 2.13. The molecule has 0 fully saturated rings. The van der Waals surface area contributed by atoms with Crippen molar-refractivity contribution in [3.8, 4) is 6.07 Å². The molecule has 0 aromatic heterocycles. The van der Waals surface area contributed by atoms with Crippen LogP contribution in [0.25, 0.3) is 0 Å². The lowest BCUT2D eigenvalue weighted by molar-refractivity contribution is -0.153. The van der Waals surface area contributed by atoms with Crippen molar-refractivity contribution in [1.82, 2.24) is 0 Å². The second-order valence-corrected chi connectivity index (χ2v) is 6.18. The fourth-order valence-corrected chi connectivity index (χ4v) is 2.30. The summed E-state index contributed by atoms with van der Waals surface area (Å²) in [6.45, 7) is 1.44. The van der Waals surface area contributed by atoms with Gasteiger partial charge in [-0.05, 0) is 55.5 Å². The van der Waals surface area contributed by atoms with Crippen molar-refractivity contribution in [2.24, 2.45) is 0 Å². The zero-order chi connectivity index (χ0) is 19.8. The van der Waals surface area contributed by atoms with E-state index in [-0.39, 0.29) is 18.6 Å². The molecule has 1 amide bonds. The SMILES string of the molecule is CC(OC(=O)CCC(=O)c1ccc(Cl)cc1)C(=O)Nc1ccc(C#N)cc1. The summed E-state index contributed by atoms with van der Waals surface area (Å²) in [5.41, 5.74) is 1.41. The van der Waals surface area contributed by atoms with E-state index in [1.165, 1.54) is 6.92 Å². The van der Waals surface area contributed by atoms with Crippen molar-refractivity contribution in [3.05, 3.63) is 64.7 Å². The summed E-state index contributed by atoms with van der Waals surface area (Å²) >= 11 is 5.77. The average Bonchev–Trinajstić information content (AvgIpc) is 2.67. The monoisotopic (exact) mass is 384 g/mol. The highest BCUT2D eigenvalue weighted by atomic mass is 35.5. The van der Waals surface area contributed by atoms with Crippen molar-refractivity contribution in [2.75, 3.05) is 5.32 Å². The number of amides is 1. The van der Waals surface area contributed by atoms with E-state index in [4.69, 9.17) is 21.6 Å². The quantitative estimate of drug-likeness (QED) is 0.579. The van der Waals surface area contributed by atoms with Gasteiger partial charge >= 0.3 is 5.97 Å². The number of anilines is 1. The van der Waals surface area contributed by atoms with Gasteiger partial charge in [-0.2, -0.15) is 5.26 Å². The van der Waals surface area contributed by atoms with Crippen LogP contribution in [-0.2, 0) is 14.3 Å². The predicted molar refractivity (Wildman–Crippen MR) is 100 cm³/mol. The molecule has 6 nitrogen and oxygen atoms in total. The lowest BCUT2D eigenvalue weighted by Crippen LogP contribution is -2.30. The molecule has 0 aliphatic heterocycles. The summed E-state index contributed by atoms with van der Waals surface area (Å²) < 4.78 is 5.06. The molecule has 0 bridgehead atoms. The van der Waals surface area contributed by atoms with Crippen LogP contribution in [0, 0.1) is 11.3 Å². The van der Waals surface area contributed by atoms with Gasteiger partial charge in [-0.15, -0.1) is 0 Å². The van der Waals surface area contributed by atoms with Gasteiger partial charge in [0.25, 0.3) is 5.91 Å². The molecule has 0 saturated carbocycles. The van der Waals surface area contributed by atoms with Gasteiger partial charge in [0.15, 0.2) is 11.9 Å². The second kappa shape index (κ2) is 9.51. The molecule has 1 N–H and O–H groups in total. The first kappa shape index (κ1) is 20.1. The Balaban J connectivity index is 1.79. The summed E-state index contributed by atoms with van der Waals surface area (Å²) in [7, 11) is 0. The summed E-state index contributed by atoms with van der Waals surface area (Å²) in [5.74, 6) is -1.35. The van der Waals surface area contributed by atoms with E-state index in [0.29, 0.717) is 21.8 Å². The Kier molecular flexibility index (Phi) is 7.09. The number of ketones is 1. The zero-order valence-corrected chi connectivity index (χ0v) is 15.3. The number of rotatable bonds is 7. The largest absolute Gasteiger partial charge is 0.453 e. The number of hydrogen-bond acceptors (Lipinski definition) is 5. The van der Waals surface area contributed by atoms with E-state index in [1.54, 1.807) is 48.5 Å². The van der Waals surface area contributed by atoms with E-state index in [9.17, 15) is 14.4 Å². The Morgan fingerprint density at radius 2 is 1.70 bits per heavy atom. The maximum absolute atomic E-state index is 12.1. The standard InChI is InChI=1S/C20H17ClN2O4/c1-13(20(26)23-17-8-2-14(12-22)3-9-17)27-19(25)11-10-18(24)15-4-6-16(21)7-5-15/h2-9,13H,10-11H2,1H3,(H,23,26). The van der Waals surface area contributed by atoms with Crippen LogP contribution in [0.2, 0.25) is 5.02 Å². The van der Waals surface area contributed by atoms with E-state index in [1.807, 2.05) is 6.07 Å². The number of carbonyl (C=O) groups is 3. The molecule has 0 radical (unpaired) electrons. The second-order valence-electron chi connectivity index (χ2n) is 5.74. The fourth-order valence-electron chi connectivity index (χ4n) is 2.18. The molecule has 1 unspecified atom stereocenters. The van der Waals surface area contributed by atoms with Crippen LogP contribution in [0.4, 0.5) is 5.69 Å². The van der Waals surface area contributed by atoms with Crippen molar-refractivity contribution in [3.63, 3.8) is 0 Å². The summed E-state index contributed by atoms with van der Waals surface area (Å²) in [5, 5.41) is 11.9. The Morgan fingerprint density at radius 1 is 1.07 bits per heavy atom. The number of carbonyl (C=O) groups excluding carboxylic acids is 3. The maximum atomic E-state index is 12.1. The molecule has 27 heavy (non-hydrogen) atoms. The number of nitrogens with zero attached hydrogens (tertiary/aromatic N) is 1. The molecule has 138 valence electrons. The van der Waals surface area contributed by atoms with Gasteiger partial charge in [-0.3, -0.25) is 14.4 Å². The summed E-state index contributed by atoms with van der Waals surface area (Å²) in [6.07, 6.45) is -1.17. The first-order chi connectivity index (χ1) is 12.9. The number of esters is 1. The molecule has 0 saturated heterocycles. The van der Waals surface area contributed by atoms with E-state index >= 15 is 0 Å². The molecule has 0 aliphatic rings. The average molecular weight is 385 g/mol. The van der Waals surface area contributed by atoms with Gasteiger partial charge < -0.3 is 10.1 Å². The molecule has 2 aromatic carbocycles. The molecule has 2 rings (SSSR count). The number of halogens is 1. The van der Waals surface area contributed by atoms with E-state index < -0.39 is 18.0 Å². The molecule has 0 spiro atoms. The van der Waals surface area contributed by atoms with Crippen molar-refractivity contribution in [2.45, 2.75) is 25.9 Å². The molecule has 2 aromatic rings. The third-order valence-corrected chi connectivity index (χ3v) is 3.93. The van der Waals surface area contributed by atoms with Gasteiger partial charge in [-0.25, -0.2) is 0 Å². The summed E-state index contributed by atoms with van der Waals surface area (Å²) in [6, 6.07) is 14.6. The van der Waals surface area contributed by atoms with Crippen LogP contribution in [-0.4, -0.2) is 23.8 Å². The highest BCUT2D eigenvalue weighted by Gasteiger charge is 2.19. The van der Waals surface area contributed by atoms with Gasteiger partial charge in [0, 0.05) is 22.7 Å².